The highest BCUT2D eigenvalue weighted by Gasteiger charge is 2.33. The highest BCUT2D eigenvalue weighted by atomic mass is 19.1. The fraction of sp³-hybridized carbons (Fsp3) is 0.393. The van der Waals surface area contributed by atoms with Gasteiger partial charge in [-0.25, -0.2) is 19.9 Å². The number of pyridine rings is 3. The molecular weight excluding hydrogens is 467 g/mol. The van der Waals surface area contributed by atoms with Gasteiger partial charge in [0.1, 0.15) is 17.5 Å². The molecule has 190 valence electrons. The van der Waals surface area contributed by atoms with Crippen molar-refractivity contribution in [3.05, 3.63) is 60.4 Å². The minimum atomic E-state index is -0.551. The van der Waals surface area contributed by atoms with Crippen LogP contribution in [0.5, 0.6) is 0 Å². The molecule has 1 aliphatic carbocycles. The summed E-state index contributed by atoms with van der Waals surface area (Å²) in [6, 6.07) is 8.62. The molecule has 4 aromatic rings. The lowest BCUT2D eigenvalue weighted by molar-refractivity contribution is 0.236. The predicted molar refractivity (Wildman–Crippen MR) is 143 cm³/mol. The van der Waals surface area contributed by atoms with Crippen LogP contribution in [-0.2, 0) is 0 Å². The molecule has 1 aliphatic heterocycles. The standard InChI is InChI=1S/C28H31FN8/c1-28(2)16-30-11-10-21(28)34-27-25-19(17-5-3-6-17)14-31-15-20(25)33-26(37-27)18-9-12-32-24(13-18)36-23-8-4-7-22(29)35-23/h4,7-9,12-15,17,21,30H,3,5-6,10-11,16H2,1-2H3,(H,32,35,36)(H,33,34,37). The van der Waals surface area contributed by atoms with Crippen LogP contribution in [0.25, 0.3) is 22.3 Å². The Morgan fingerprint density at radius 1 is 1.03 bits per heavy atom. The fourth-order valence-electron chi connectivity index (χ4n) is 5.22. The monoisotopic (exact) mass is 498 g/mol. The van der Waals surface area contributed by atoms with Gasteiger partial charge in [0.2, 0.25) is 5.95 Å². The van der Waals surface area contributed by atoms with Crippen molar-refractivity contribution in [3.8, 4) is 11.4 Å². The van der Waals surface area contributed by atoms with Crippen molar-refractivity contribution in [2.75, 3.05) is 23.7 Å². The Kier molecular flexibility index (Phi) is 6.16. The van der Waals surface area contributed by atoms with Crippen molar-refractivity contribution in [3.63, 3.8) is 0 Å². The SMILES string of the molecule is CC1(C)CNCCC1Nc1nc(-c2ccnc(Nc3cccc(F)n3)c2)nc2cncc(C3CCC3)c12. The molecule has 2 fully saturated rings. The third-order valence-electron chi connectivity index (χ3n) is 7.62. The zero-order valence-corrected chi connectivity index (χ0v) is 21.1. The molecule has 3 N–H and O–H groups in total. The average molecular weight is 499 g/mol. The molecular formula is C28H31FN8. The summed E-state index contributed by atoms with van der Waals surface area (Å²) < 4.78 is 13.6. The van der Waals surface area contributed by atoms with Gasteiger partial charge < -0.3 is 16.0 Å². The molecule has 9 heteroatoms. The van der Waals surface area contributed by atoms with Crippen LogP contribution >= 0.6 is 0 Å². The number of anilines is 3. The van der Waals surface area contributed by atoms with E-state index in [1.54, 1.807) is 18.3 Å². The van der Waals surface area contributed by atoms with Crippen molar-refractivity contribution in [1.29, 1.82) is 0 Å². The summed E-state index contributed by atoms with van der Waals surface area (Å²) in [6.45, 7) is 6.50. The second-order valence-electron chi connectivity index (χ2n) is 10.7. The van der Waals surface area contributed by atoms with Crippen molar-refractivity contribution in [1.82, 2.24) is 30.2 Å². The first-order valence-corrected chi connectivity index (χ1v) is 13.0. The topological polar surface area (TPSA) is 101 Å². The quantitative estimate of drug-likeness (QED) is 0.303. The molecule has 8 nitrogen and oxygen atoms in total. The van der Waals surface area contributed by atoms with Crippen LogP contribution in [0.1, 0.15) is 51.0 Å². The smallest absolute Gasteiger partial charge is 0.214 e. The molecule has 2 aliphatic rings. The number of hydrogen-bond acceptors (Lipinski definition) is 8. The zero-order valence-electron chi connectivity index (χ0n) is 21.1. The van der Waals surface area contributed by atoms with E-state index in [2.05, 4.69) is 44.7 Å². The lowest BCUT2D eigenvalue weighted by atomic mass is 9.78. The lowest BCUT2D eigenvalue weighted by Gasteiger charge is -2.40. The zero-order chi connectivity index (χ0) is 25.4. The van der Waals surface area contributed by atoms with Crippen molar-refractivity contribution < 1.29 is 4.39 Å². The molecule has 1 unspecified atom stereocenters. The van der Waals surface area contributed by atoms with Crippen LogP contribution < -0.4 is 16.0 Å². The van der Waals surface area contributed by atoms with Gasteiger partial charge in [-0.1, -0.05) is 26.3 Å². The summed E-state index contributed by atoms with van der Waals surface area (Å²) in [4.78, 5) is 22.8. The number of piperidine rings is 1. The number of nitrogens with one attached hydrogen (secondary N) is 3. The van der Waals surface area contributed by atoms with E-state index < -0.39 is 5.95 Å². The summed E-state index contributed by atoms with van der Waals surface area (Å²) in [6.07, 6.45) is 10.1. The highest BCUT2D eigenvalue weighted by molar-refractivity contribution is 5.93. The van der Waals surface area contributed by atoms with E-state index in [1.807, 2.05) is 24.5 Å². The first kappa shape index (κ1) is 23.7. The van der Waals surface area contributed by atoms with Crippen LogP contribution in [0.3, 0.4) is 0 Å². The molecule has 1 saturated heterocycles. The van der Waals surface area contributed by atoms with Crippen LogP contribution in [0.2, 0.25) is 0 Å². The molecule has 0 aromatic carbocycles. The van der Waals surface area contributed by atoms with E-state index in [0.717, 1.165) is 41.8 Å². The number of halogens is 1. The average Bonchev–Trinajstić information content (AvgIpc) is 2.84. The molecule has 1 saturated carbocycles. The third kappa shape index (κ3) is 4.83. The molecule has 1 atom stereocenters. The van der Waals surface area contributed by atoms with Gasteiger partial charge in [0.25, 0.3) is 0 Å². The number of aromatic nitrogens is 5. The Bertz CT molecular complexity index is 1440. The van der Waals surface area contributed by atoms with Gasteiger partial charge in [-0.15, -0.1) is 0 Å². The van der Waals surface area contributed by atoms with Crippen LogP contribution in [0, 0.1) is 11.4 Å². The predicted octanol–water partition coefficient (Wildman–Crippen LogP) is 5.43. The number of nitrogens with zero attached hydrogens (tertiary/aromatic N) is 5. The molecule has 0 bridgehead atoms. The normalized spacial score (nSPS) is 19.4. The Labute approximate surface area is 215 Å². The van der Waals surface area contributed by atoms with Crippen LogP contribution in [-0.4, -0.2) is 44.1 Å². The van der Waals surface area contributed by atoms with E-state index in [0.29, 0.717) is 23.4 Å². The summed E-state index contributed by atoms with van der Waals surface area (Å²) in [7, 11) is 0. The number of hydrogen-bond donors (Lipinski definition) is 3. The largest absolute Gasteiger partial charge is 0.366 e. The highest BCUT2D eigenvalue weighted by Crippen LogP contribution is 2.42. The maximum atomic E-state index is 13.6. The molecule has 0 radical (unpaired) electrons. The maximum absolute atomic E-state index is 13.6. The maximum Gasteiger partial charge on any atom is 0.214 e. The molecule has 6 rings (SSSR count). The van der Waals surface area contributed by atoms with Gasteiger partial charge in [0.15, 0.2) is 5.82 Å². The molecule has 0 amide bonds. The molecule has 0 spiro atoms. The summed E-state index contributed by atoms with van der Waals surface area (Å²) in [5.41, 5.74) is 2.95. The van der Waals surface area contributed by atoms with E-state index in [1.165, 1.54) is 30.9 Å². The van der Waals surface area contributed by atoms with Crippen molar-refractivity contribution in [2.45, 2.75) is 51.5 Å². The Morgan fingerprint density at radius 2 is 1.92 bits per heavy atom. The third-order valence-corrected chi connectivity index (χ3v) is 7.62. The van der Waals surface area contributed by atoms with Gasteiger partial charge in [-0.05, 0) is 67.0 Å². The second kappa shape index (κ2) is 9.63. The van der Waals surface area contributed by atoms with Gasteiger partial charge in [0.05, 0.1) is 11.7 Å². The molecule has 4 aromatic heterocycles. The summed E-state index contributed by atoms with van der Waals surface area (Å²) in [5, 5.41) is 11.5. The summed E-state index contributed by atoms with van der Waals surface area (Å²) >= 11 is 0. The van der Waals surface area contributed by atoms with Gasteiger partial charge in [-0.3, -0.25) is 4.98 Å². The van der Waals surface area contributed by atoms with Crippen molar-refractivity contribution >= 4 is 28.4 Å². The lowest BCUT2D eigenvalue weighted by Crippen LogP contribution is -2.49. The van der Waals surface area contributed by atoms with Gasteiger partial charge in [0, 0.05) is 35.9 Å². The van der Waals surface area contributed by atoms with E-state index >= 15 is 0 Å². The van der Waals surface area contributed by atoms with Crippen LogP contribution in [0.4, 0.5) is 21.8 Å². The first-order chi connectivity index (χ1) is 18.0. The molecule has 37 heavy (non-hydrogen) atoms. The number of rotatable bonds is 6. The minimum absolute atomic E-state index is 0.0745. The first-order valence-electron chi connectivity index (χ1n) is 13.0. The van der Waals surface area contributed by atoms with E-state index in [-0.39, 0.29) is 11.5 Å². The van der Waals surface area contributed by atoms with Gasteiger partial charge in [-0.2, -0.15) is 4.39 Å². The van der Waals surface area contributed by atoms with E-state index in [9.17, 15) is 4.39 Å². The van der Waals surface area contributed by atoms with E-state index in [4.69, 9.17) is 9.97 Å². The number of fused-ring (bicyclic) bond motifs is 1. The minimum Gasteiger partial charge on any atom is -0.366 e. The Hall–Kier alpha value is -3.72. The summed E-state index contributed by atoms with van der Waals surface area (Å²) in [5.74, 6) is 2.32. The van der Waals surface area contributed by atoms with Gasteiger partial charge >= 0.3 is 0 Å². The van der Waals surface area contributed by atoms with Crippen LogP contribution in [0.15, 0.2) is 48.9 Å². The Morgan fingerprint density at radius 3 is 2.70 bits per heavy atom. The Balaban J connectivity index is 1.42. The fourth-order valence-corrected chi connectivity index (χ4v) is 5.22. The second-order valence-corrected chi connectivity index (χ2v) is 10.7. The van der Waals surface area contributed by atoms with Crippen molar-refractivity contribution in [2.24, 2.45) is 5.41 Å². The molecule has 5 heterocycles.